The molecule has 2 N–H and O–H groups in total. The van der Waals surface area contributed by atoms with Gasteiger partial charge < -0.3 is 28.4 Å². The fraction of sp³-hybridized carbons (Fsp3) is 0.333. The van der Waals surface area contributed by atoms with Gasteiger partial charge in [-0.05, 0) is 113 Å². The molecule has 2 aliphatic rings. The molecule has 6 rings (SSSR count). The molecule has 0 aliphatic carbocycles. The van der Waals surface area contributed by atoms with Crippen LogP contribution < -0.4 is 59.1 Å². The molecule has 66 heavy (non-hydrogen) atoms. The molecule has 0 spiro atoms. The van der Waals surface area contributed by atoms with Crippen molar-refractivity contribution in [1.29, 1.82) is 0 Å². The van der Waals surface area contributed by atoms with Gasteiger partial charge in [-0.3, -0.25) is 9.59 Å². The van der Waals surface area contributed by atoms with Crippen molar-refractivity contribution in [2.45, 2.75) is 110 Å². The molecule has 2 heterocycles. The first-order valence-corrected chi connectivity index (χ1v) is 25.0. The fourth-order valence-corrected chi connectivity index (χ4v) is 10.6. The number of allylic oxidation sites excluding steroid dienone is 2. The SMILES string of the molecule is CC1=[N+](C=CCCCC(=O)O)c2ccc3c(S(=O)(=O)[O-])cc(S(=O)(=O)[O-])cc3c2C1(C)C.CC1=[N+](C=CCCCC(=O)O)c2ccc3c(S(=O)(=O)[O-])cc(S(=O)(=O)[O-])cc3c2C1(C)C.[Na+].[Na+]. The van der Waals surface area contributed by atoms with Crippen LogP contribution in [0.25, 0.3) is 21.5 Å². The van der Waals surface area contributed by atoms with E-state index in [-0.39, 0.29) is 93.5 Å². The Labute approximate surface area is 427 Å². The number of hydrogen-bond acceptors (Lipinski definition) is 14. The largest absolute Gasteiger partial charge is 1.00 e. The van der Waals surface area contributed by atoms with Crippen molar-refractivity contribution in [3.05, 3.63) is 84.2 Å². The van der Waals surface area contributed by atoms with Crippen LogP contribution in [0, 0.1) is 0 Å². The summed E-state index contributed by atoms with van der Waals surface area (Å²) in [5, 5.41) is 18.0. The third-order valence-electron chi connectivity index (χ3n) is 11.5. The predicted molar refractivity (Wildman–Crippen MR) is 228 cm³/mol. The summed E-state index contributed by atoms with van der Waals surface area (Å²) in [4.78, 5) is 18.2. The second-order valence-corrected chi connectivity index (χ2v) is 21.7. The van der Waals surface area contributed by atoms with Gasteiger partial charge in [0.15, 0.2) is 23.8 Å². The Bertz CT molecular complexity index is 3030. The van der Waals surface area contributed by atoms with Crippen LogP contribution in [0.4, 0.5) is 11.4 Å². The monoisotopic (exact) mass is 1010 g/mol. The van der Waals surface area contributed by atoms with E-state index >= 15 is 0 Å². The van der Waals surface area contributed by atoms with Gasteiger partial charge in [0.2, 0.25) is 11.4 Å². The Balaban J connectivity index is 0.000000340. The zero-order valence-corrected chi connectivity index (χ0v) is 44.6. The Morgan fingerprint density at radius 1 is 0.545 bits per heavy atom. The zero-order chi connectivity index (χ0) is 48.1. The molecular weight excluding hydrogens is 963 g/mol. The fourth-order valence-electron chi connectivity index (χ4n) is 7.96. The first-order chi connectivity index (χ1) is 29.3. The third-order valence-corrected chi connectivity index (χ3v) is 14.9. The van der Waals surface area contributed by atoms with E-state index in [0.29, 0.717) is 60.3 Å². The van der Waals surface area contributed by atoms with Gasteiger partial charge in [0.25, 0.3) is 0 Å². The quantitative estimate of drug-likeness (QED) is 0.0705. The van der Waals surface area contributed by atoms with Crippen LogP contribution in [0.2, 0.25) is 0 Å². The molecule has 0 unspecified atom stereocenters. The van der Waals surface area contributed by atoms with Crippen molar-refractivity contribution in [3.63, 3.8) is 0 Å². The minimum absolute atomic E-state index is 0. The van der Waals surface area contributed by atoms with Crippen molar-refractivity contribution in [2.24, 2.45) is 0 Å². The molecule has 0 amide bonds. The third kappa shape index (κ3) is 12.0. The summed E-state index contributed by atoms with van der Waals surface area (Å²) < 4.78 is 145. The second-order valence-electron chi connectivity index (χ2n) is 16.3. The molecular formula is C42H44N2Na2O16S4. The number of fused-ring (bicyclic) bond motifs is 6. The minimum atomic E-state index is -5.06. The summed E-state index contributed by atoms with van der Waals surface area (Å²) in [6, 6.07) is 9.55. The van der Waals surface area contributed by atoms with Gasteiger partial charge in [-0.2, -0.15) is 9.15 Å². The van der Waals surface area contributed by atoms with Gasteiger partial charge in [-0.15, -0.1) is 0 Å². The summed E-state index contributed by atoms with van der Waals surface area (Å²) in [7, 11) is -20.2. The molecule has 18 nitrogen and oxygen atoms in total. The van der Waals surface area contributed by atoms with Crippen LogP contribution in [-0.4, -0.2) is 94.6 Å². The van der Waals surface area contributed by atoms with E-state index in [0.717, 1.165) is 23.6 Å². The summed E-state index contributed by atoms with van der Waals surface area (Å²) in [5.74, 6) is -1.76. The molecule has 4 aromatic carbocycles. The number of aliphatic carboxylic acids is 2. The Kier molecular flexibility index (Phi) is 18.0. The standard InChI is InChI=1S/2C21H23NO8S2.2Na/c2*1-13-21(2,3)20-16-11-14(31(25,26)27)12-18(32(28,29)30)15(16)8-9-17(20)22(13)10-6-4-5-7-19(23)24;;/h2*6,8-12H,4-5,7H2,1-3H3,(H2-,23,24,25,26,27,28,29,30);;/q;;2*+1/p-2. The predicted octanol–water partition coefficient (Wildman–Crippen LogP) is -0.367. The average molecular weight is 1010 g/mol. The molecule has 0 radical (unpaired) electrons. The number of hydrogen-bond donors (Lipinski definition) is 2. The van der Waals surface area contributed by atoms with E-state index in [1.165, 1.54) is 12.1 Å². The second kappa shape index (κ2) is 20.8. The van der Waals surface area contributed by atoms with E-state index in [9.17, 15) is 61.5 Å². The van der Waals surface area contributed by atoms with Gasteiger partial charge in [0.05, 0.1) is 30.4 Å². The number of carboxylic acids is 2. The van der Waals surface area contributed by atoms with Gasteiger partial charge in [-0.25, -0.2) is 33.7 Å². The normalized spacial score (nSPS) is 15.7. The Morgan fingerprint density at radius 2 is 0.864 bits per heavy atom. The van der Waals surface area contributed by atoms with Crippen molar-refractivity contribution in [1.82, 2.24) is 0 Å². The molecule has 0 bridgehead atoms. The maximum atomic E-state index is 11.8. The van der Waals surface area contributed by atoms with Crippen LogP contribution in [0.3, 0.4) is 0 Å². The van der Waals surface area contributed by atoms with Crippen molar-refractivity contribution >= 4 is 96.8 Å². The van der Waals surface area contributed by atoms with E-state index in [1.54, 1.807) is 24.5 Å². The van der Waals surface area contributed by atoms with Crippen LogP contribution in [0.5, 0.6) is 0 Å². The van der Waals surface area contributed by atoms with Gasteiger partial charge >= 0.3 is 71.1 Å². The van der Waals surface area contributed by atoms with Crippen LogP contribution in [-0.2, 0) is 60.9 Å². The van der Waals surface area contributed by atoms with Crippen LogP contribution in [0.1, 0.15) is 91.2 Å². The summed E-state index contributed by atoms with van der Waals surface area (Å²) >= 11 is 0. The smallest absolute Gasteiger partial charge is 0.744 e. The number of carboxylic acid groups (broad SMARTS) is 2. The Morgan fingerprint density at radius 3 is 1.14 bits per heavy atom. The van der Waals surface area contributed by atoms with E-state index in [4.69, 9.17) is 10.2 Å². The van der Waals surface area contributed by atoms with E-state index in [2.05, 4.69) is 0 Å². The van der Waals surface area contributed by atoms with Gasteiger partial charge in [-0.1, -0.05) is 0 Å². The zero-order valence-electron chi connectivity index (χ0n) is 37.3. The van der Waals surface area contributed by atoms with Crippen molar-refractivity contribution in [2.75, 3.05) is 0 Å². The van der Waals surface area contributed by atoms with Gasteiger partial charge in [0, 0.05) is 60.7 Å². The summed E-state index contributed by atoms with van der Waals surface area (Å²) in [6.45, 7) is 11.2. The average Bonchev–Trinajstić information content (AvgIpc) is 3.48. The molecule has 2 aliphatic heterocycles. The first kappa shape index (κ1) is 57.1. The molecule has 24 heteroatoms. The maximum absolute atomic E-state index is 11.8. The maximum Gasteiger partial charge on any atom is 1.00 e. The number of benzene rings is 4. The summed E-state index contributed by atoms with van der Waals surface area (Å²) in [6.07, 6.45) is 9.22. The molecule has 0 atom stereocenters. The molecule has 0 aromatic heterocycles. The van der Waals surface area contributed by atoms with Gasteiger partial charge in [0.1, 0.15) is 40.5 Å². The number of carbonyl (C=O) groups is 2. The molecule has 0 saturated carbocycles. The van der Waals surface area contributed by atoms with Crippen molar-refractivity contribution in [3.8, 4) is 0 Å². The molecule has 0 saturated heterocycles. The minimum Gasteiger partial charge on any atom is -0.744 e. The number of rotatable bonds is 14. The molecule has 0 fully saturated rings. The number of nitrogens with zero attached hydrogens (tertiary/aromatic N) is 2. The molecule has 4 aromatic rings. The number of unbranched alkanes of at least 4 members (excludes halogenated alkanes) is 2. The van der Waals surface area contributed by atoms with Crippen molar-refractivity contribution < 1.29 is 140 Å². The van der Waals surface area contributed by atoms with Crippen LogP contribution in [0.15, 0.2) is 92.7 Å². The topological polar surface area (TPSA) is 309 Å². The Hall–Kier alpha value is -3.20. The molecule has 344 valence electrons. The van der Waals surface area contributed by atoms with Crippen LogP contribution >= 0.6 is 0 Å². The first-order valence-electron chi connectivity index (χ1n) is 19.4. The van der Waals surface area contributed by atoms with E-state index in [1.807, 2.05) is 62.8 Å². The summed E-state index contributed by atoms with van der Waals surface area (Å²) in [5.41, 5.74) is 2.77. The van der Waals surface area contributed by atoms with E-state index < -0.39 is 82.8 Å².